The Hall–Kier alpha value is -2.89. The number of nitrogens with zero attached hydrogens (tertiary/aromatic N) is 1. The lowest BCUT2D eigenvalue weighted by Crippen LogP contribution is -2.26. The molecule has 6 heteroatoms. The molecule has 4 rings (SSSR count). The molecule has 1 aromatic carbocycles. The molecule has 0 aliphatic heterocycles. The Kier molecular flexibility index (Phi) is 3.32. The summed E-state index contributed by atoms with van der Waals surface area (Å²) in [6.45, 7) is 5.97. The number of Topliss-reactive ketones (excluding diaryl/α,β-unsaturated/α-hetero) is 1. The molecule has 128 valence electrons. The first-order valence-corrected chi connectivity index (χ1v) is 8.34. The highest BCUT2D eigenvalue weighted by Crippen LogP contribution is 2.36. The summed E-state index contributed by atoms with van der Waals surface area (Å²) in [5, 5.41) is 10.8. The Morgan fingerprint density at radius 2 is 2.08 bits per heavy atom. The Labute approximate surface area is 145 Å². The lowest BCUT2D eigenvalue weighted by atomic mass is 9.75. The van der Waals surface area contributed by atoms with Crippen molar-refractivity contribution in [3.63, 3.8) is 0 Å². The highest BCUT2D eigenvalue weighted by atomic mass is 16.2. The molecule has 6 nitrogen and oxygen atoms in total. The monoisotopic (exact) mass is 336 g/mol. The summed E-state index contributed by atoms with van der Waals surface area (Å²) in [6.07, 6.45) is 2.98. The molecule has 25 heavy (non-hydrogen) atoms. The molecule has 0 unspecified atom stereocenters. The summed E-state index contributed by atoms with van der Waals surface area (Å²) in [4.78, 5) is 28.5. The van der Waals surface area contributed by atoms with E-state index in [4.69, 9.17) is 0 Å². The van der Waals surface area contributed by atoms with Crippen molar-refractivity contribution in [1.82, 2.24) is 15.2 Å². The molecule has 0 spiro atoms. The zero-order valence-corrected chi connectivity index (χ0v) is 14.5. The highest BCUT2D eigenvalue weighted by Gasteiger charge is 2.35. The normalized spacial score (nSPS) is 16.0. The first-order valence-electron chi connectivity index (χ1n) is 8.34. The van der Waals surface area contributed by atoms with Crippen LogP contribution in [0.3, 0.4) is 0 Å². The molecule has 0 saturated carbocycles. The van der Waals surface area contributed by atoms with Gasteiger partial charge in [-0.3, -0.25) is 14.7 Å². The van der Waals surface area contributed by atoms with E-state index in [-0.39, 0.29) is 17.1 Å². The number of amides is 1. The van der Waals surface area contributed by atoms with Gasteiger partial charge in [-0.1, -0.05) is 26.0 Å². The maximum absolute atomic E-state index is 12.8. The van der Waals surface area contributed by atoms with Gasteiger partial charge in [-0.15, -0.1) is 0 Å². The Morgan fingerprint density at radius 1 is 1.28 bits per heavy atom. The molecule has 0 radical (unpaired) electrons. The minimum absolute atomic E-state index is 0.0867. The SMILES string of the molecule is Cc1c(C(=O)Nc2cccc3cn[nH]c23)[nH]c2c1C(=O)CC(C)(C)C2. The zero-order valence-electron chi connectivity index (χ0n) is 14.5. The lowest BCUT2D eigenvalue weighted by Gasteiger charge is -2.28. The number of anilines is 1. The van der Waals surface area contributed by atoms with Gasteiger partial charge in [0.1, 0.15) is 5.69 Å². The van der Waals surface area contributed by atoms with Crippen LogP contribution in [0, 0.1) is 12.3 Å². The molecule has 2 heterocycles. The van der Waals surface area contributed by atoms with E-state index in [1.165, 1.54) is 0 Å². The first kappa shape index (κ1) is 15.6. The second kappa shape index (κ2) is 5.31. The molecular weight excluding hydrogens is 316 g/mol. The fourth-order valence-corrected chi connectivity index (χ4v) is 3.72. The predicted octanol–water partition coefficient (Wildman–Crippen LogP) is 3.61. The number of carbonyl (C=O) groups is 2. The smallest absolute Gasteiger partial charge is 0.272 e. The van der Waals surface area contributed by atoms with Gasteiger partial charge in [-0.2, -0.15) is 5.10 Å². The van der Waals surface area contributed by atoms with Crippen molar-refractivity contribution in [1.29, 1.82) is 0 Å². The van der Waals surface area contributed by atoms with E-state index >= 15 is 0 Å². The first-order chi connectivity index (χ1) is 11.9. The minimum atomic E-state index is -0.250. The predicted molar refractivity (Wildman–Crippen MR) is 96.0 cm³/mol. The van der Waals surface area contributed by atoms with E-state index in [1.54, 1.807) is 6.20 Å². The number of aromatic amines is 2. The van der Waals surface area contributed by atoms with Crippen LogP contribution >= 0.6 is 0 Å². The van der Waals surface area contributed by atoms with E-state index in [0.717, 1.165) is 28.6 Å². The lowest BCUT2D eigenvalue weighted by molar-refractivity contribution is 0.0910. The number of hydrogen-bond donors (Lipinski definition) is 3. The average molecular weight is 336 g/mol. The van der Waals surface area contributed by atoms with Gasteiger partial charge in [0.25, 0.3) is 5.91 Å². The fourth-order valence-electron chi connectivity index (χ4n) is 3.72. The fraction of sp³-hybridized carbons (Fsp3) is 0.316. The molecule has 3 N–H and O–H groups in total. The average Bonchev–Trinajstić information content (AvgIpc) is 3.11. The zero-order chi connectivity index (χ0) is 17.8. The number of carbonyl (C=O) groups excluding carboxylic acids is 2. The number of H-pyrrole nitrogens is 2. The number of benzene rings is 1. The quantitative estimate of drug-likeness (QED) is 0.668. The van der Waals surface area contributed by atoms with Gasteiger partial charge < -0.3 is 10.3 Å². The van der Waals surface area contributed by atoms with E-state index < -0.39 is 0 Å². The second-order valence-electron chi connectivity index (χ2n) is 7.51. The molecule has 0 atom stereocenters. The highest BCUT2D eigenvalue weighted by molar-refractivity contribution is 6.10. The Bertz CT molecular complexity index is 1010. The van der Waals surface area contributed by atoms with Crippen LogP contribution in [-0.2, 0) is 6.42 Å². The van der Waals surface area contributed by atoms with Crippen LogP contribution in [-0.4, -0.2) is 26.9 Å². The van der Waals surface area contributed by atoms with Crippen LogP contribution in [0.25, 0.3) is 10.9 Å². The van der Waals surface area contributed by atoms with Gasteiger partial charge in [0.05, 0.1) is 17.4 Å². The molecule has 1 aliphatic carbocycles. The molecule has 0 bridgehead atoms. The largest absolute Gasteiger partial charge is 0.354 e. The maximum atomic E-state index is 12.8. The molecule has 1 aliphatic rings. The minimum Gasteiger partial charge on any atom is -0.354 e. The Morgan fingerprint density at radius 3 is 2.88 bits per heavy atom. The second-order valence-corrected chi connectivity index (χ2v) is 7.51. The van der Waals surface area contributed by atoms with E-state index in [0.29, 0.717) is 23.4 Å². The number of aromatic nitrogens is 3. The van der Waals surface area contributed by atoms with Crippen LogP contribution in [0.1, 0.15) is 52.4 Å². The summed E-state index contributed by atoms with van der Waals surface area (Å²) in [6, 6.07) is 5.62. The summed E-state index contributed by atoms with van der Waals surface area (Å²) in [5.74, 6) is -0.144. The number of hydrogen-bond acceptors (Lipinski definition) is 3. The van der Waals surface area contributed by atoms with E-state index in [1.807, 2.05) is 25.1 Å². The van der Waals surface area contributed by atoms with Crippen molar-refractivity contribution < 1.29 is 9.59 Å². The molecule has 1 amide bonds. The van der Waals surface area contributed by atoms with Gasteiger partial charge in [0.2, 0.25) is 0 Å². The van der Waals surface area contributed by atoms with Gasteiger partial charge in [0.15, 0.2) is 5.78 Å². The van der Waals surface area contributed by atoms with Crippen molar-refractivity contribution >= 4 is 28.3 Å². The van der Waals surface area contributed by atoms with Crippen LogP contribution in [0.15, 0.2) is 24.4 Å². The van der Waals surface area contributed by atoms with Crippen molar-refractivity contribution in [2.45, 2.75) is 33.6 Å². The number of ketones is 1. The van der Waals surface area contributed by atoms with E-state index in [9.17, 15) is 9.59 Å². The van der Waals surface area contributed by atoms with Gasteiger partial charge in [-0.05, 0) is 30.4 Å². The van der Waals surface area contributed by atoms with Gasteiger partial charge in [-0.25, -0.2) is 0 Å². The molecule has 0 fully saturated rings. The number of para-hydroxylation sites is 1. The van der Waals surface area contributed by atoms with Gasteiger partial charge >= 0.3 is 0 Å². The third-order valence-electron chi connectivity index (χ3n) is 4.85. The third-order valence-corrected chi connectivity index (χ3v) is 4.85. The summed E-state index contributed by atoms with van der Waals surface area (Å²) < 4.78 is 0. The van der Waals surface area contributed by atoms with E-state index in [2.05, 4.69) is 34.3 Å². The van der Waals surface area contributed by atoms with Crippen molar-refractivity contribution in [3.05, 3.63) is 46.9 Å². The standard InChI is InChI=1S/C19H20N4O2/c1-10-15-13(7-19(2,3)8-14(15)24)21-16(10)18(25)22-12-6-4-5-11-9-20-23-17(11)12/h4-6,9,21H,7-8H2,1-3H3,(H,20,23)(H,22,25). The number of fused-ring (bicyclic) bond motifs is 2. The van der Waals surface area contributed by atoms with Crippen molar-refractivity contribution in [3.8, 4) is 0 Å². The topological polar surface area (TPSA) is 90.6 Å². The van der Waals surface area contributed by atoms with Crippen molar-refractivity contribution in [2.75, 3.05) is 5.32 Å². The number of rotatable bonds is 2. The van der Waals surface area contributed by atoms with Crippen molar-refractivity contribution in [2.24, 2.45) is 5.41 Å². The number of nitrogens with one attached hydrogen (secondary N) is 3. The molecular formula is C19H20N4O2. The summed E-state index contributed by atoms with van der Waals surface area (Å²) >= 11 is 0. The maximum Gasteiger partial charge on any atom is 0.272 e. The molecule has 2 aromatic heterocycles. The molecule has 0 saturated heterocycles. The summed E-state index contributed by atoms with van der Waals surface area (Å²) in [7, 11) is 0. The Balaban J connectivity index is 1.70. The summed E-state index contributed by atoms with van der Waals surface area (Å²) in [5.41, 5.74) is 4.09. The van der Waals surface area contributed by atoms with Gasteiger partial charge in [0, 0.05) is 23.1 Å². The third kappa shape index (κ3) is 2.54. The van der Waals surface area contributed by atoms with Crippen LogP contribution < -0.4 is 5.32 Å². The van der Waals surface area contributed by atoms with Crippen LogP contribution in [0.2, 0.25) is 0 Å². The van der Waals surface area contributed by atoms with Crippen LogP contribution in [0.4, 0.5) is 5.69 Å². The molecule has 3 aromatic rings. The van der Waals surface area contributed by atoms with Crippen LogP contribution in [0.5, 0.6) is 0 Å².